The number of benzene rings is 1. The summed E-state index contributed by atoms with van der Waals surface area (Å²) >= 11 is 0.921. The van der Waals surface area contributed by atoms with Gasteiger partial charge in [0.15, 0.2) is 5.69 Å². The van der Waals surface area contributed by atoms with Gasteiger partial charge in [-0.3, -0.25) is 0 Å². The molecule has 0 aliphatic rings. The standard InChI is InChI=1S/C20H17N3O5S/c1-3-26-20(25)16-14(13(9-21)17(22)29-16)10-27-19(24)15-11(2)28-18(23-15)12-7-5-4-6-8-12/h4-8H,3,10,22H2,1-2H3. The molecular formula is C20H17N3O5S. The fourth-order valence-electron chi connectivity index (χ4n) is 2.60. The number of anilines is 1. The summed E-state index contributed by atoms with van der Waals surface area (Å²) in [6.07, 6.45) is 0. The van der Waals surface area contributed by atoms with Crippen molar-refractivity contribution in [3.8, 4) is 17.5 Å². The molecule has 8 nitrogen and oxygen atoms in total. The van der Waals surface area contributed by atoms with Crippen molar-refractivity contribution in [2.45, 2.75) is 20.5 Å². The third-order valence-corrected chi connectivity index (χ3v) is 5.01. The van der Waals surface area contributed by atoms with Gasteiger partial charge in [-0.05, 0) is 26.0 Å². The fourth-order valence-corrected chi connectivity index (χ4v) is 3.52. The molecule has 29 heavy (non-hydrogen) atoms. The van der Waals surface area contributed by atoms with Gasteiger partial charge in [0.1, 0.15) is 28.3 Å². The number of hydrogen-bond acceptors (Lipinski definition) is 9. The van der Waals surface area contributed by atoms with Gasteiger partial charge in [0.2, 0.25) is 5.89 Å². The molecule has 2 aromatic heterocycles. The monoisotopic (exact) mass is 411 g/mol. The van der Waals surface area contributed by atoms with E-state index < -0.39 is 11.9 Å². The van der Waals surface area contributed by atoms with E-state index in [9.17, 15) is 14.9 Å². The second kappa shape index (κ2) is 8.58. The molecule has 0 spiro atoms. The largest absolute Gasteiger partial charge is 0.462 e. The minimum atomic E-state index is -0.739. The highest BCUT2D eigenvalue weighted by molar-refractivity contribution is 7.18. The van der Waals surface area contributed by atoms with Crippen LogP contribution < -0.4 is 5.73 Å². The molecule has 0 aliphatic carbocycles. The van der Waals surface area contributed by atoms with Gasteiger partial charge in [-0.15, -0.1) is 11.3 Å². The summed E-state index contributed by atoms with van der Waals surface area (Å²) in [5.41, 5.74) is 6.86. The van der Waals surface area contributed by atoms with Crippen LogP contribution in [0.5, 0.6) is 0 Å². The molecule has 3 aromatic rings. The summed E-state index contributed by atoms with van der Waals surface area (Å²) in [5, 5.41) is 9.49. The minimum absolute atomic E-state index is 0.0169. The van der Waals surface area contributed by atoms with Crippen molar-refractivity contribution in [1.29, 1.82) is 5.26 Å². The Morgan fingerprint density at radius 2 is 1.97 bits per heavy atom. The number of hydrogen-bond donors (Lipinski definition) is 1. The molecule has 0 radical (unpaired) electrons. The van der Waals surface area contributed by atoms with Gasteiger partial charge < -0.3 is 19.6 Å². The first-order chi connectivity index (χ1) is 14.0. The van der Waals surface area contributed by atoms with E-state index in [1.165, 1.54) is 0 Å². The molecule has 1 aromatic carbocycles. The number of ether oxygens (including phenoxy) is 2. The summed E-state index contributed by atoms with van der Waals surface area (Å²) in [5.74, 6) is -0.776. The Morgan fingerprint density at radius 1 is 1.24 bits per heavy atom. The number of aromatic nitrogens is 1. The third-order valence-electron chi connectivity index (χ3n) is 3.97. The molecule has 0 amide bonds. The maximum absolute atomic E-state index is 12.5. The molecule has 3 rings (SSSR count). The van der Waals surface area contributed by atoms with Crippen molar-refractivity contribution in [2.75, 3.05) is 12.3 Å². The Bertz CT molecular complexity index is 1100. The fraction of sp³-hybridized carbons (Fsp3) is 0.200. The van der Waals surface area contributed by atoms with Gasteiger partial charge in [-0.25, -0.2) is 14.6 Å². The van der Waals surface area contributed by atoms with Crippen LogP contribution >= 0.6 is 11.3 Å². The summed E-state index contributed by atoms with van der Waals surface area (Å²) in [6.45, 7) is 3.11. The van der Waals surface area contributed by atoms with Gasteiger partial charge in [0.05, 0.1) is 12.2 Å². The average molecular weight is 411 g/mol. The van der Waals surface area contributed by atoms with Crippen LogP contribution in [0.25, 0.3) is 11.5 Å². The first-order valence-electron chi connectivity index (χ1n) is 8.64. The molecule has 0 bridgehead atoms. The van der Waals surface area contributed by atoms with Gasteiger partial charge in [-0.2, -0.15) is 5.26 Å². The van der Waals surface area contributed by atoms with Gasteiger partial charge in [-0.1, -0.05) is 18.2 Å². The number of rotatable bonds is 6. The van der Waals surface area contributed by atoms with E-state index in [1.807, 2.05) is 24.3 Å². The number of nitrogens with two attached hydrogens (primary N) is 1. The lowest BCUT2D eigenvalue weighted by molar-refractivity contribution is 0.0446. The maximum atomic E-state index is 12.5. The quantitative estimate of drug-likeness (QED) is 0.608. The Balaban J connectivity index is 1.82. The highest BCUT2D eigenvalue weighted by atomic mass is 32.1. The topological polar surface area (TPSA) is 128 Å². The van der Waals surface area contributed by atoms with E-state index in [-0.39, 0.29) is 39.9 Å². The lowest BCUT2D eigenvalue weighted by Crippen LogP contribution is -2.11. The second-order valence-corrected chi connectivity index (χ2v) is 6.90. The van der Waals surface area contributed by atoms with E-state index in [0.717, 1.165) is 16.9 Å². The molecule has 0 atom stereocenters. The first-order valence-corrected chi connectivity index (χ1v) is 9.46. The van der Waals surface area contributed by atoms with Crippen LogP contribution in [0.4, 0.5) is 5.00 Å². The molecule has 0 unspecified atom stereocenters. The summed E-state index contributed by atoms with van der Waals surface area (Å²) < 4.78 is 15.8. The van der Waals surface area contributed by atoms with Crippen LogP contribution in [-0.2, 0) is 16.1 Å². The second-order valence-electron chi connectivity index (χ2n) is 5.85. The Morgan fingerprint density at radius 3 is 2.62 bits per heavy atom. The minimum Gasteiger partial charge on any atom is -0.462 e. The van der Waals surface area contributed by atoms with E-state index in [4.69, 9.17) is 19.6 Å². The van der Waals surface area contributed by atoms with Crippen molar-refractivity contribution >= 4 is 28.3 Å². The van der Waals surface area contributed by atoms with Crippen LogP contribution in [0, 0.1) is 18.3 Å². The summed E-state index contributed by atoms with van der Waals surface area (Å²) in [6, 6.07) is 11.1. The molecule has 0 fully saturated rings. The van der Waals surface area contributed by atoms with Crippen LogP contribution in [0.1, 0.15) is 44.0 Å². The molecule has 0 saturated carbocycles. The van der Waals surface area contributed by atoms with E-state index in [2.05, 4.69) is 4.98 Å². The molecule has 148 valence electrons. The number of aryl methyl sites for hydroxylation is 1. The Kier molecular flexibility index (Phi) is 5.95. The first kappa shape index (κ1) is 20.1. The number of carbonyl (C=O) groups excluding carboxylic acids is 2. The lowest BCUT2D eigenvalue weighted by Gasteiger charge is -2.05. The number of carbonyl (C=O) groups is 2. The van der Waals surface area contributed by atoms with Crippen molar-refractivity contribution in [3.05, 3.63) is 57.8 Å². The maximum Gasteiger partial charge on any atom is 0.360 e. The third kappa shape index (κ3) is 4.12. The zero-order chi connectivity index (χ0) is 21.0. The molecule has 0 aliphatic heterocycles. The zero-order valence-electron chi connectivity index (χ0n) is 15.7. The number of nitrogen functional groups attached to an aromatic ring is 1. The predicted molar refractivity (Wildman–Crippen MR) is 105 cm³/mol. The van der Waals surface area contributed by atoms with Crippen LogP contribution in [0.2, 0.25) is 0 Å². The highest BCUT2D eigenvalue weighted by Gasteiger charge is 2.25. The van der Waals surface area contributed by atoms with Crippen LogP contribution in [-0.4, -0.2) is 23.5 Å². The van der Waals surface area contributed by atoms with E-state index in [1.54, 1.807) is 26.0 Å². The van der Waals surface area contributed by atoms with Gasteiger partial charge in [0.25, 0.3) is 0 Å². The molecule has 2 N–H and O–H groups in total. The molecule has 9 heteroatoms. The summed E-state index contributed by atoms with van der Waals surface area (Å²) in [7, 11) is 0. The van der Waals surface area contributed by atoms with Crippen molar-refractivity contribution in [2.24, 2.45) is 0 Å². The number of nitrogens with zero attached hydrogens (tertiary/aromatic N) is 2. The smallest absolute Gasteiger partial charge is 0.360 e. The lowest BCUT2D eigenvalue weighted by atomic mass is 10.1. The normalized spacial score (nSPS) is 10.4. The number of oxazole rings is 1. The van der Waals surface area contributed by atoms with Gasteiger partial charge in [0, 0.05) is 11.1 Å². The summed E-state index contributed by atoms with van der Waals surface area (Å²) in [4.78, 5) is 29.0. The Hall–Kier alpha value is -3.64. The SMILES string of the molecule is CCOC(=O)c1sc(N)c(C#N)c1COC(=O)c1nc(-c2ccccc2)oc1C. The number of esters is 2. The average Bonchev–Trinajstić information content (AvgIpc) is 3.26. The van der Waals surface area contributed by atoms with E-state index >= 15 is 0 Å². The number of thiophene rings is 1. The van der Waals surface area contributed by atoms with Gasteiger partial charge >= 0.3 is 11.9 Å². The van der Waals surface area contributed by atoms with Crippen LogP contribution in [0.15, 0.2) is 34.7 Å². The molecule has 0 saturated heterocycles. The van der Waals surface area contributed by atoms with Crippen molar-refractivity contribution in [3.63, 3.8) is 0 Å². The van der Waals surface area contributed by atoms with Crippen molar-refractivity contribution in [1.82, 2.24) is 4.98 Å². The Labute approximate surface area is 170 Å². The zero-order valence-corrected chi connectivity index (χ0v) is 16.5. The molecular weight excluding hydrogens is 394 g/mol. The number of nitriles is 1. The van der Waals surface area contributed by atoms with Crippen molar-refractivity contribution < 1.29 is 23.5 Å². The highest BCUT2D eigenvalue weighted by Crippen LogP contribution is 2.32. The van der Waals surface area contributed by atoms with Crippen LogP contribution in [0.3, 0.4) is 0 Å². The molecule has 2 heterocycles. The predicted octanol–water partition coefficient (Wildman–Crippen LogP) is 3.70. The van der Waals surface area contributed by atoms with E-state index in [0.29, 0.717) is 11.7 Å².